The highest BCUT2D eigenvalue weighted by atomic mass is 35.5. The summed E-state index contributed by atoms with van der Waals surface area (Å²) in [6, 6.07) is 2.61. The van der Waals surface area contributed by atoms with E-state index in [2.05, 4.69) is 17.9 Å². The van der Waals surface area contributed by atoms with E-state index in [4.69, 9.17) is 17.3 Å². The summed E-state index contributed by atoms with van der Waals surface area (Å²) in [5.41, 5.74) is 5.85. The smallest absolute Gasteiger partial charge is 0.0516 e. The Labute approximate surface area is 106 Å². The Morgan fingerprint density at radius 2 is 2.44 bits per heavy atom. The van der Waals surface area contributed by atoms with Gasteiger partial charge in [0.1, 0.15) is 0 Å². The Morgan fingerprint density at radius 1 is 1.62 bits per heavy atom. The largest absolute Gasteiger partial charge is 0.329 e. The third kappa shape index (κ3) is 2.98. The molecule has 2 heterocycles. The van der Waals surface area contributed by atoms with Crippen molar-refractivity contribution in [2.24, 2.45) is 11.7 Å². The minimum absolute atomic E-state index is 0.546. The molecule has 1 aliphatic heterocycles. The van der Waals surface area contributed by atoms with E-state index >= 15 is 0 Å². The van der Waals surface area contributed by atoms with Crippen LogP contribution in [0.25, 0.3) is 0 Å². The zero-order chi connectivity index (χ0) is 11.5. The molecule has 1 aromatic rings. The first-order chi connectivity index (χ1) is 7.69. The Bertz CT molecular complexity index is 340. The van der Waals surface area contributed by atoms with Crippen LogP contribution in [-0.2, 0) is 6.54 Å². The molecule has 0 radical (unpaired) electrons. The van der Waals surface area contributed by atoms with E-state index in [1.807, 2.05) is 5.38 Å². The van der Waals surface area contributed by atoms with Crippen molar-refractivity contribution in [1.82, 2.24) is 4.90 Å². The lowest BCUT2D eigenvalue weighted by molar-refractivity contribution is 0.116. The predicted molar refractivity (Wildman–Crippen MR) is 71.0 cm³/mol. The van der Waals surface area contributed by atoms with Gasteiger partial charge in [-0.25, -0.2) is 0 Å². The molecule has 0 aromatic carbocycles. The molecule has 0 amide bonds. The lowest BCUT2D eigenvalue weighted by atomic mass is 9.92. The van der Waals surface area contributed by atoms with Crippen LogP contribution in [0.1, 0.15) is 24.6 Å². The third-order valence-electron chi connectivity index (χ3n) is 3.35. The molecule has 2 atom stereocenters. The zero-order valence-corrected chi connectivity index (χ0v) is 11.2. The minimum Gasteiger partial charge on any atom is -0.329 e. The van der Waals surface area contributed by atoms with E-state index < -0.39 is 0 Å². The van der Waals surface area contributed by atoms with E-state index in [1.165, 1.54) is 24.3 Å². The number of nitrogens with two attached hydrogens (primary N) is 1. The van der Waals surface area contributed by atoms with Gasteiger partial charge in [0.15, 0.2) is 0 Å². The number of rotatable bonds is 3. The number of hydrogen-bond acceptors (Lipinski definition) is 3. The van der Waals surface area contributed by atoms with Crippen LogP contribution in [0, 0.1) is 5.92 Å². The maximum absolute atomic E-state index is 5.94. The van der Waals surface area contributed by atoms with Crippen LogP contribution in [0.15, 0.2) is 11.4 Å². The molecule has 2 rings (SSSR count). The third-order valence-corrected chi connectivity index (χ3v) is 4.62. The molecule has 0 spiro atoms. The van der Waals surface area contributed by atoms with E-state index in [1.54, 1.807) is 11.3 Å². The fraction of sp³-hybridized carbons (Fsp3) is 0.667. The molecule has 4 heteroatoms. The Kier molecular flexibility index (Phi) is 4.25. The van der Waals surface area contributed by atoms with Gasteiger partial charge in [-0.1, -0.05) is 18.5 Å². The number of thiophene rings is 1. The lowest BCUT2D eigenvalue weighted by Gasteiger charge is -2.37. The van der Waals surface area contributed by atoms with Crippen molar-refractivity contribution in [3.8, 4) is 0 Å². The van der Waals surface area contributed by atoms with Gasteiger partial charge in [-0.2, -0.15) is 0 Å². The van der Waals surface area contributed by atoms with Crippen molar-refractivity contribution in [1.29, 1.82) is 0 Å². The number of piperidine rings is 1. The molecule has 1 aromatic heterocycles. The van der Waals surface area contributed by atoms with Crippen molar-refractivity contribution in [3.05, 3.63) is 21.3 Å². The molecule has 0 saturated carbocycles. The normalized spacial score (nSPS) is 27.2. The van der Waals surface area contributed by atoms with Crippen LogP contribution in [0.3, 0.4) is 0 Å². The molecular weight excluding hydrogens is 240 g/mol. The summed E-state index contributed by atoms with van der Waals surface area (Å²) in [4.78, 5) is 3.85. The Balaban J connectivity index is 1.97. The molecule has 0 bridgehead atoms. The van der Waals surface area contributed by atoms with E-state index in [0.717, 1.165) is 24.0 Å². The highest BCUT2D eigenvalue weighted by molar-refractivity contribution is 7.10. The topological polar surface area (TPSA) is 29.3 Å². The molecule has 90 valence electrons. The summed E-state index contributed by atoms with van der Waals surface area (Å²) in [6.07, 6.45) is 2.52. The summed E-state index contributed by atoms with van der Waals surface area (Å²) < 4.78 is 0. The standard InChI is InChI=1S/C12H19ClN2S/c1-9-2-3-15(11(4-9)6-14)7-12-5-10(13)8-16-12/h5,8-9,11H,2-4,6-7,14H2,1H3. The number of hydrogen-bond donors (Lipinski definition) is 1. The van der Waals surface area contributed by atoms with Gasteiger partial charge in [0.2, 0.25) is 0 Å². The summed E-state index contributed by atoms with van der Waals surface area (Å²) >= 11 is 7.68. The predicted octanol–water partition coefficient (Wildman–Crippen LogP) is 2.96. The summed E-state index contributed by atoms with van der Waals surface area (Å²) in [6.45, 7) is 5.26. The van der Waals surface area contributed by atoms with Gasteiger partial charge in [-0.3, -0.25) is 4.90 Å². The summed E-state index contributed by atoms with van der Waals surface area (Å²) in [5, 5.41) is 2.86. The Hall–Kier alpha value is -0.0900. The fourth-order valence-corrected chi connectivity index (χ4v) is 3.49. The number of nitrogens with zero attached hydrogens (tertiary/aromatic N) is 1. The van der Waals surface area contributed by atoms with Gasteiger partial charge < -0.3 is 5.73 Å². The second-order valence-corrected chi connectivity index (χ2v) is 6.15. The van der Waals surface area contributed by atoms with Crippen molar-refractivity contribution < 1.29 is 0 Å². The molecule has 16 heavy (non-hydrogen) atoms. The Morgan fingerprint density at radius 3 is 3.06 bits per heavy atom. The van der Waals surface area contributed by atoms with Crippen LogP contribution in [0.4, 0.5) is 0 Å². The van der Waals surface area contributed by atoms with E-state index in [0.29, 0.717) is 6.04 Å². The van der Waals surface area contributed by atoms with Crippen molar-refractivity contribution in [3.63, 3.8) is 0 Å². The van der Waals surface area contributed by atoms with E-state index in [9.17, 15) is 0 Å². The SMILES string of the molecule is CC1CCN(Cc2cc(Cl)cs2)C(CN)C1. The highest BCUT2D eigenvalue weighted by Gasteiger charge is 2.25. The second-order valence-electron chi connectivity index (χ2n) is 4.72. The van der Waals surface area contributed by atoms with Gasteiger partial charge in [-0.15, -0.1) is 11.3 Å². The van der Waals surface area contributed by atoms with Crippen molar-refractivity contribution in [2.75, 3.05) is 13.1 Å². The summed E-state index contributed by atoms with van der Waals surface area (Å²) in [7, 11) is 0. The van der Waals surface area contributed by atoms with Gasteiger partial charge in [0, 0.05) is 29.4 Å². The molecule has 2 unspecified atom stereocenters. The summed E-state index contributed by atoms with van der Waals surface area (Å²) in [5.74, 6) is 0.816. The fourth-order valence-electron chi connectivity index (χ4n) is 2.39. The molecule has 0 aliphatic carbocycles. The highest BCUT2D eigenvalue weighted by Crippen LogP contribution is 2.26. The first-order valence-corrected chi connectivity index (χ1v) is 7.12. The number of halogens is 1. The van der Waals surface area contributed by atoms with E-state index in [-0.39, 0.29) is 0 Å². The number of likely N-dealkylation sites (tertiary alicyclic amines) is 1. The average molecular weight is 259 g/mol. The van der Waals surface area contributed by atoms with Gasteiger partial charge >= 0.3 is 0 Å². The minimum atomic E-state index is 0.546. The molecule has 1 saturated heterocycles. The molecular formula is C12H19ClN2S. The lowest BCUT2D eigenvalue weighted by Crippen LogP contribution is -2.45. The van der Waals surface area contributed by atoms with Crippen LogP contribution >= 0.6 is 22.9 Å². The van der Waals surface area contributed by atoms with Crippen LogP contribution in [0.2, 0.25) is 5.02 Å². The van der Waals surface area contributed by atoms with Crippen LogP contribution in [-0.4, -0.2) is 24.0 Å². The van der Waals surface area contributed by atoms with Crippen molar-refractivity contribution >= 4 is 22.9 Å². The first kappa shape index (κ1) is 12.4. The maximum Gasteiger partial charge on any atom is 0.0516 e. The monoisotopic (exact) mass is 258 g/mol. The zero-order valence-electron chi connectivity index (χ0n) is 9.66. The quantitative estimate of drug-likeness (QED) is 0.903. The maximum atomic E-state index is 5.94. The molecule has 2 nitrogen and oxygen atoms in total. The molecule has 1 fully saturated rings. The average Bonchev–Trinajstić information content (AvgIpc) is 2.67. The van der Waals surface area contributed by atoms with Crippen LogP contribution < -0.4 is 5.73 Å². The van der Waals surface area contributed by atoms with Gasteiger partial charge in [0.25, 0.3) is 0 Å². The first-order valence-electron chi connectivity index (χ1n) is 5.86. The molecule has 2 N–H and O–H groups in total. The second kappa shape index (κ2) is 5.50. The van der Waals surface area contributed by atoms with Crippen molar-refractivity contribution in [2.45, 2.75) is 32.4 Å². The van der Waals surface area contributed by atoms with Gasteiger partial charge in [0.05, 0.1) is 5.02 Å². The van der Waals surface area contributed by atoms with Crippen LogP contribution in [0.5, 0.6) is 0 Å². The van der Waals surface area contributed by atoms with Gasteiger partial charge in [-0.05, 0) is 31.4 Å². The molecule has 1 aliphatic rings.